The van der Waals surface area contributed by atoms with Crippen molar-refractivity contribution in [3.63, 3.8) is 0 Å². The van der Waals surface area contributed by atoms with Crippen LogP contribution in [-0.4, -0.2) is 25.4 Å². The molecule has 1 aromatic heterocycles. The molecule has 1 heterocycles. The van der Waals surface area contributed by atoms with Gasteiger partial charge in [-0.2, -0.15) is 0 Å². The van der Waals surface area contributed by atoms with Crippen LogP contribution in [0.1, 0.15) is 24.4 Å². The van der Waals surface area contributed by atoms with E-state index in [2.05, 4.69) is 20.0 Å². The van der Waals surface area contributed by atoms with Gasteiger partial charge in [-0.25, -0.2) is 18.1 Å². The number of H-pyrrole nitrogens is 1. The Labute approximate surface area is 118 Å². The Morgan fingerprint density at radius 3 is 2.55 bits per heavy atom. The summed E-state index contributed by atoms with van der Waals surface area (Å²) in [6, 6.07) is 6.38. The summed E-state index contributed by atoms with van der Waals surface area (Å²) in [5.74, 6) is 0.584. The second-order valence-electron chi connectivity index (χ2n) is 4.49. The molecule has 20 heavy (non-hydrogen) atoms. The maximum atomic E-state index is 12.2. The molecule has 108 valence electrons. The van der Waals surface area contributed by atoms with E-state index in [0.717, 1.165) is 5.56 Å². The first-order valence-electron chi connectivity index (χ1n) is 6.28. The molecule has 0 radical (unpaired) electrons. The number of nitrogens with one attached hydrogen (secondary N) is 3. The predicted molar refractivity (Wildman–Crippen MR) is 76.5 cm³/mol. The highest BCUT2D eigenvalue weighted by molar-refractivity contribution is 7.89. The average molecular weight is 294 g/mol. The standard InChI is InChI=1S/C13H18N4O2S/c1-10(13-15-7-8-16-13)17-20(18,19)12-5-3-11(4-6-12)9-14-2/h3-8,10,14,17H,9H2,1-2H3,(H,15,16). The van der Waals surface area contributed by atoms with E-state index >= 15 is 0 Å². The molecule has 0 aliphatic rings. The molecule has 7 heteroatoms. The molecule has 0 saturated heterocycles. The summed E-state index contributed by atoms with van der Waals surface area (Å²) in [6.45, 7) is 2.45. The molecular formula is C13H18N4O2S. The third kappa shape index (κ3) is 3.44. The minimum atomic E-state index is -3.55. The number of aromatic amines is 1. The quantitative estimate of drug-likeness (QED) is 0.746. The number of rotatable bonds is 6. The van der Waals surface area contributed by atoms with Crippen molar-refractivity contribution < 1.29 is 8.42 Å². The Kier molecular flexibility index (Phi) is 4.53. The van der Waals surface area contributed by atoms with E-state index in [1.165, 1.54) is 0 Å². The maximum Gasteiger partial charge on any atom is 0.241 e. The topological polar surface area (TPSA) is 86.9 Å². The lowest BCUT2D eigenvalue weighted by atomic mass is 10.2. The average Bonchev–Trinajstić information content (AvgIpc) is 2.93. The van der Waals surface area contributed by atoms with Crippen LogP contribution in [0.15, 0.2) is 41.6 Å². The second-order valence-corrected chi connectivity index (χ2v) is 6.21. The van der Waals surface area contributed by atoms with Crippen LogP contribution < -0.4 is 10.0 Å². The highest BCUT2D eigenvalue weighted by Crippen LogP contribution is 2.15. The monoisotopic (exact) mass is 294 g/mol. The highest BCUT2D eigenvalue weighted by atomic mass is 32.2. The summed E-state index contributed by atoms with van der Waals surface area (Å²) in [4.78, 5) is 7.18. The molecule has 0 spiro atoms. The molecule has 2 aromatic rings. The van der Waals surface area contributed by atoms with Crippen molar-refractivity contribution >= 4 is 10.0 Å². The Balaban J connectivity index is 2.13. The predicted octanol–water partition coefficient (Wildman–Crippen LogP) is 1.17. The van der Waals surface area contributed by atoms with Crippen LogP contribution in [0.4, 0.5) is 0 Å². The van der Waals surface area contributed by atoms with E-state index in [4.69, 9.17) is 0 Å². The molecular weight excluding hydrogens is 276 g/mol. The summed E-state index contributed by atoms with van der Waals surface area (Å²) < 4.78 is 27.1. The summed E-state index contributed by atoms with van der Waals surface area (Å²) in [7, 11) is -1.70. The van der Waals surface area contributed by atoms with Crippen LogP contribution in [-0.2, 0) is 16.6 Å². The van der Waals surface area contributed by atoms with E-state index in [0.29, 0.717) is 12.4 Å². The van der Waals surface area contributed by atoms with Crippen molar-refractivity contribution in [3.8, 4) is 0 Å². The molecule has 1 unspecified atom stereocenters. The first-order chi connectivity index (χ1) is 9.53. The fourth-order valence-corrected chi connectivity index (χ4v) is 3.07. The lowest BCUT2D eigenvalue weighted by Crippen LogP contribution is -2.27. The van der Waals surface area contributed by atoms with Crippen molar-refractivity contribution in [2.24, 2.45) is 0 Å². The van der Waals surface area contributed by atoms with Gasteiger partial charge in [0.05, 0.1) is 10.9 Å². The van der Waals surface area contributed by atoms with Crippen molar-refractivity contribution in [3.05, 3.63) is 48.0 Å². The van der Waals surface area contributed by atoms with Crippen molar-refractivity contribution in [2.75, 3.05) is 7.05 Å². The highest BCUT2D eigenvalue weighted by Gasteiger charge is 2.19. The summed E-state index contributed by atoms with van der Waals surface area (Å²) in [5, 5.41) is 3.02. The van der Waals surface area contributed by atoms with Crippen LogP contribution in [0.5, 0.6) is 0 Å². The van der Waals surface area contributed by atoms with Gasteiger partial charge >= 0.3 is 0 Å². The van der Waals surface area contributed by atoms with Crippen molar-refractivity contribution in [1.82, 2.24) is 20.0 Å². The van der Waals surface area contributed by atoms with E-state index in [-0.39, 0.29) is 4.90 Å². The number of benzene rings is 1. The van der Waals surface area contributed by atoms with E-state index in [1.54, 1.807) is 43.6 Å². The van der Waals surface area contributed by atoms with Crippen LogP contribution in [0.3, 0.4) is 0 Å². The molecule has 1 atom stereocenters. The minimum absolute atomic E-state index is 0.246. The summed E-state index contributed by atoms with van der Waals surface area (Å²) in [5.41, 5.74) is 1.03. The first-order valence-corrected chi connectivity index (χ1v) is 7.76. The third-order valence-electron chi connectivity index (χ3n) is 2.88. The molecule has 3 N–H and O–H groups in total. The van der Waals surface area contributed by atoms with Gasteiger partial charge in [0.1, 0.15) is 5.82 Å². The number of aromatic nitrogens is 2. The molecule has 0 bridgehead atoms. The summed E-state index contributed by atoms with van der Waals surface area (Å²) in [6.07, 6.45) is 3.25. The Morgan fingerprint density at radius 2 is 2.00 bits per heavy atom. The van der Waals surface area contributed by atoms with Crippen LogP contribution in [0.25, 0.3) is 0 Å². The zero-order valence-electron chi connectivity index (χ0n) is 11.4. The number of sulfonamides is 1. The van der Waals surface area contributed by atoms with Gasteiger partial charge in [0.2, 0.25) is 10.0 Å². The molecule has 0 aliphatic carbocycles. The molecule has 6 nitrogen and oxygen atoms in total. The molecule has 0 amide bonds. The molecule has 0 aliphatic heterocycles. The zero-order valence-corrected chi connectivity index (χ0v) is 12.2. The van der Waals surface area contributed by atoms with Gasteiger partial charge in [0.25, 0.3) is 0 Å². The van der Waals surface area contributed by atoms with Gasteiger partial charge < -0.3 is 10.3 Å². The Bertz CT molecular complexity index is 636. The van der Waals surface area contributed by atoms with Crippen LogP contribution in [0.2, 0.25) is 0 Å². The van der Waals surface area contributed by atoms with Gasteiger partial charge in [-0.15, -0.1) is 0 Å². The van der Waals surface area contributed by atoms with E-state index < -0.39 is 16.1 Å². The summed E-state index contributed by atoms with van der Waals surface area (Å²) >= 11 is 0. The fraction of sp³-hybridized carbons (Fsp3) is 0.308. The molecule has 0 saturated carbocycles. The number of hydrogen-bond acceptors (Lipinski definition) is 4. The Hall–Kier alpha value is -1.70. The lowest BCUT2D eigenvalue weighted by Gasteiger charge is -2.12. The minimum Gasteiger partial charge on any atom is -0.347 e. The van der Waals surface area contributed by atoms with Crippen LogP contribution >= 0.6 is 0 Å². The molecule has 1 aromatic carbocycles. The number of hydrogen-bond donors (Lipinski definition) is 3. The first kappa shape index (κ1) is 14.7. The second kappa shape index (κ2) is 6.17. The fourth-order valence-electron chi connectivity index (χ4n) is 1.86. The third-order valence-corrected chi connectivity index (χ3v) is 4.43. The maximum absolute atomic E-state index is 12.2. The smallest absolute Gasteiger partial charge is 0.241 e. The zero-order chi connectivity index (χ0) is 14.6. The van der Waals surface area contributed by atoms with Crippen molar-refractivity contribution in [2.45, 2.75) is 24.4 Å². The Morgan fingerprint density at radius 1 is 1.30 bits per heavy atom. The van der Waals surface area contributed by atoms with E-state index in [9.17, 15) is 8.42 Å². The lowest BCUT2D eigenvalue weighted by molar-refractivity contribution is 0.561. The number of imidazole rings is 1. The van der Waals surface area contributed by atoms with Gasteiger partial charge in [-0.1, -0.05) is 12.1 Å². The number of nitrogens with zero attached hydrogens (tertiary/aromatic N) is 1. The largest absolute Gasteiger partial charge is 0.347 e. The normalized spacial score (nSPS) is 13.3. The van der Waals surface area contributed by atoms with Crippen LogP contribution in [0, 0.1) is 0 Å². The molecule has 0 fully saturated rings. The molecule has 2 rings (SSSR count). The van der Waals surface area contributed by atoms with E-state index in [1.807, 2.05) is 7.05 Å². The SMILES string of the molecule is CNCc1ccc(S(=O)(=O)NC(C)c2ncc[nH]2)cc1. The van der Waals surface area contributed by atoms with Gasteiger partial charge in [0.15, 0.2) is 0 Å². The van der Waals surface area contributed by atoms with Gasteiger partial charge in [0, 0.05) is 18.9 Å². The van der Waals surface area contributed by atoms with Gasteiger partial charge in [-0.3, -0.25) is 0 Å². The van der Waals surface area contributed by atoms with Crippen molar-refractivity contribution in [1.29, 1.82) is 0 Å². The van der Waals surface area contributed by atoms with Gasteiger partial charge in [-0.05, 0) is 31.7 Å².